The number of esters is 1. The number of nitrogens with one attached hydrogen (secondary N) is 1. The number of nitrogens with zero attached hydrogens (tertiary/aromatic N) is 1. The van der Waals surface area contributed by atoms with E-state index in [1.54, 1.807) is 26.0 Å². The van der Waals surface area contributed by atoms with Crippen LogP contribution in [0.5, 0.6) is 0 Å². The first-order chi connectivity index (χ1) is 13.5. The summed E-state index contributed by atoms with van der Waals surface area (Å²) in [5.74, 6) is -1.27. The van der Waals surface area contributed by atoms with E-state index in [2.05, 4.69) is 4.98 Å². The molecule has 9 heteroatoms. The van der Waals surface area contributed by atoms with Crippen LogP contribution in [0.15, 0.2) is 18.2 Å². The highest BCUT2D eigenvalue weighted by molar-refractivity contribution is 7.92. The number of aromatic nitrogens is 1. The SMILES string of the molecule is CC(=O)c1c(C)[nH]c(C(=O)OCC(=O)c2ccc3c(c2)CCN3S(C)(=O)=O)c1C. The molecule has 1 aliphatic rings. The van der Waals surface area contributed by atoms with Crippen LogP contribution in [0.3, 0.4) is 0 Å². The van der Waals surface area contributed by atoms with E-state index in [0.29, 0.717) is 41.0 Å². The number of aryl methyl sites for hydroxylation is 1. The van der Waals surface area contributed by atoms with E-state index in [9.17, 15) is 22.8 Å². The summed E-state index contributed by atoms with van der Waals surface area (Å²) in [7, 11) is -3.36. The molecule has 0 fully saturated rings. The molecule has 1 N–H and O–H groups in total. The van der Waals surface area contributed by atoms with Crippen LogP contribution < -0.4 is 4.31 Å². The van der Waals surface area contributed by atoms with Crippen molar-refractivity contribution in [1.82, 2.24) is 4.98 Å². The number of aromatic amines is 1. The minimum atomic E-state index is -3.36. The van der Waals surface area contributed by atoms with Gasteiger partial charge in [-0.3, -0.25) is 13.9 Å². The number of sulfonamides is 1. The number of carbonyl (C=O) groups excluding carboxylic acids is 3. The Balaban J connectivity index is 1.72. The molecule has 0 amide bonds. The molecule has 0 aliphatic carbocycles. The molecule has 0 radical (unpaired) electrons. The number of carbonyl (C=O) groups is 3. The largest absolute Gasteiger partial charge is 0.453 e. The van der Waals surface area contributed by atoms with Crippen LogP contribution in [0.4, 0.5) is 5.69 Å². The maximum absolute atomic E-state index is 12.5. The van der Waals surface area contributed by atoms with Crippen molar-refractivity contribution < 1.29 is 27.5 Å². The predicted molar refractivity (Wildman–Crippen MR) is 107 cm³/mol. The lowest BCUT2D eigenvalue weighted by atomic mass is 10.1. The fraction of sp³-hybridized carbons (Fsp3) is 0.350. The minimum Gasteiger partial charge on any atom is -0.453 e. The number of hydrogen-bond donors (Lipinski definition) is 1. The summed E-state index contributed by atoms with van der Waals surface area (Å²) in [6.07, 6.45) is 1.65. The van der Waals surface area contributed by atoms with E-state index in [4.69, 9.17) is 4.74 Å². The standard InChI is InChI=1S/C20H22N2O6S/c1-11-18(13(3)23)12(2)21-19(11)20(25)28-10-17(24)15-5-6-16-14(9-15)7-8-22(16)29(4,26)27/h5-6,9,21H,7-8,10H2,1-4H3. The van der Waals surface area contributed by atoms with Gasteiger partial charge in [0.05, 0.1) is 11.9 Å². The topological polar surface area (TPSA) is 114 Å². The molecule has 29 heavy (non-hydrogen) atoms. The van der Waals surface area contributed by atoms with Crippen molar-refractivity contribution in [2.75, 3.05) is 23.7 Å². The van der Waals surface area contributed by atoms with Crippen LogP contribution in [0.2, 0.25) is 0 Å². The van der Waals surface area contributed by atoms with E-state index in [-0.39, 0.29) is 11.5 Å². The zero-order valence-electron chi connectivity index (χ0n) is 16.7. The van der Waals surface area contributed by atoms with Crippen LogP contribution in [0, 0.1) is 13.8 Å². The molecule has 154 valence electrons. The Kier molecular flexibility index (Phi) is 5.36. The van der Waals surface area contributed by atoms with E-state index >= 15 is 0 Å². The Hall–Kier alpha value is -2.94. The Morgan fingerprint density at radius 1 is 1.21 bits per heavy atom. The third-order valence-electron chi connectivity index (χ3n) is 4.98. The van der Waals surface area contributed by atoms with E-state index < -0.39 is 28.4 Å². The van der Waals surface area contributed by atoms with Crippen molar-refractivity contribution >= 4 is 33.2 Å². The number of H-pyrrole nitrogens is 1. The fourth-order valence-corrected chi connectivity index (χ4v) is 4.62. The van der Waals surface area contributed by atoms with Gasteiger partial charge in [0, 0.05) is 23.4 Å². The van der Waals surface area contributed by atoms with Crippen molar-refractivity contribution in [2.24, 2.45) is 0 Å². The summed E-state index contributed by atoms with van der Waals surface area (Å²) in [6.45, 7) is 4.63. The average molecular weight is 418 g/mol. The maximum Gasteiger partial charge on any atom is 0.355 e. The summed E-state index contributed by atoms with van der Waals surface area (Å²) in [5.41, 5.74) is 3.32. The molecule has 2 aromatic rings. The summed E-state index contributed by atoms with van der Waals surface area (Å²) < 4.78 is 30.0. The summed E-state index contributed by atoms with van der Waals surface area (Å²) >= 11 is 0. The van der Waals surface area contributed by atoms with Crippen LogP contribution in [0.1, 0.15) is 54.9 Å². The third-order valence-corrected chi connectivity index (χ3v) is 6.16. The van der Waals surface area contributed by atoms with E-state index in [1.165, 1.54) is 17.3 Å². The molecule has 0 spiro atoms. The molecule has 3 rings (SSSR count). The van der Waals surface area contributed by atoms with Gasteiger partial charge in [-0.15, -0.1) is 0 Å². The zero-order chi connectivity index (χ0) is 21.5. The summed E-state index contributed by atoms with van der Waals surface area (Å²) in [6, 6.07) is 4.75. The number of rotatable bonds is 6. The molecule has 1 aromatic carbocycles. The normalized spacial score (nSPS) is 13.3. The summed E-state index contributed by atoms with van der Waals surface area (Å²) in [5, 5.41) is 0. The van der Waals surface area contributed by atoms with Crippen molar-refractivity contribution in [1.29, 1.82) is 0 Å². The molecule has 2 heterocycles. The first-order valence-electron chi connectivity index (χ1n) is 9.01. The predicted octanol–water partition coefficient (Wildman–Crippen LogP) is 2.20. The highest BCUT2D eigenvalue weighted by atomic mass is 32.2. The Morgan fingerprint density at radius 3 is 2.48 bits per heavy atom. The average Bonchev–Trinajstić information content (AvgIpc) is 3.19. The number of Topliss-reactive ketones (excluding diaryl/α,β-unsaturated/α-hetero) is 2. The second-order valence-electron chi connectivity index (χ2n) is 7.11. The van der Waals surface area contributed by atoms with Crippen molar-refractivity contribution in [3.05, 3.63) is 51.8 Å². The number of benzene rings is 1. The number of anilines is 1. The molecule has 1 aromatic heterocycles. The maximum atomic E-state index is 12.5. The zero-order valence-corrected chi connectivity index (χ0v) is 17.5. The molecular weight excluding hydrogens is 396 g/mol. The summed E-state index contributed by atoms with van der Waals surface area (Å²) in [4.78, 5) is 39.3. The number of fused-ring (bicyclic) bond motifs is 1. The van der Waals surface area contributed by atoms with Crippen LogP contribution in [-0.2, 0) is 21.2 Å². The number of ketones is 2. The van der Waals surface area contributed by atoms with E-state index in [0.717, 1.165) is 11.8 Å². The molecule has 0 saturated carbocycles. The molecule has 1 aliphatic heterocycles. The molecule has 8 nitrogen and oxygen atoms in total. The van der Waals surface area contributed by atoms with Gasteiger partial charge in [0.25, 0.3) is 0 Å². The monoisotopic (exact) mass is 418 g/mol. The number of ether oxygens (including phenoxy) is 1. The van der Waals surface area contributed by atoms with Gasteiger partial charge in [0.15, 0.2) is 18.2 Å². The first-order valence-corrected chi connectivity index (χ1v) is 10.9. The molecule has 0 bridgehead atoms. The highest BCUT2D eigenvalue weighted by Gasteiger charge is 2.27. The second kappa shape index (κ2) is 7.47. The van der Waals surface area contributed by atoms with Gasteiger partial charge in [-0.1, -0.05) is 0 Å². The minimum absolute atomic E-state index is 0.151. The highest BCUT2D eigenvalue weighted by Crippen LogP contribution is 2.30. The smallest absolute Gasteiger partial charge is 0.355 e. The Morgan fingerprint density at radius 2 is 1.90 bits per heavy atom. The van der Waals surface area contributed by atoms with Crippen LogP contribution >= 0.6 is 0 Å². The lowest BCUT2D eigenvalue weighted by molar-refractivity contribution is 0.0468. The van der Waals surface area contributed by atoms with Gasteiger partial charge in [0.2, 0.25) is 10.0 Å². The number of hydrogen-bond acceptors (Lipinski definition) is 6. The molecular formula is C20H22N2O6S. The second-order valence-corrected chi connectivity index (χ2v) is 9.02. The van der Waals surface area contributed by atoms with Gasteiger partial charge in [-0.2, -0.15) is 0 Å². The molecule has 0 unspecified atom stereocenters. The lowest BCUT2D eigenvalue weighted by Crippen LogP contribution is -2.27. The van der Waals surface area contributed by atoms with Gasteiger partial charge < -0.3 is 9.72 Å². The van der Waals surface area contributed by atoms with Crippen molar-refractivity contribution in [2.45, 2.75) is 27.2 Å². The van der Waals surface area contributed by atoms with Gasteiger partial charge in [0.1, 0.15) is 5.69 Å². The molecule has 0 atom stereocenters. The Bertz CT molecular complexity index is 1130. The van der Waals surface area contributed by atoms with Gasteiger partial charge in [-0.25, -0.2) is 13.2 Å². The third kappa shape index (κ3) is 3.95. The quantitative estimate of drug-likeness (QED) is 0.568. The van der Waals surface area contributed by atoms with Crippen LogP contribution in [0.25, 0.3) is 0 Å². The van der Waals surface area contributed by atoms with Gasteiger partial charge in [-0.05, 0) is 56.5 Å². The van der Waals surface area contributed by atoms with Crippen LogP contribution in [-0.4, -0.2) is 50.3 Å². The molecule has 0 saturated heterocycles. The first kappa shape index (κ1) is 20.8. The van der Waals surface area contributed by atoms with Gasteiger partial charge >= 0.3 is 5.97 Å². The Labute approximate surface area is 168 Å². The fourth-order valence-electron chi connectivity index (χ4n) is 3.66. The van der Waals surface area contributed by atoms with Crippen molar-refractivity contribution in [3.63, 3.8) is 0 Å². The van der Waals surface area contributed by atoms with Crippen molar-refractivity contribution in [3.8, 4) is 0 Å². The van der Waals surface area contributed by atoms with E-state index in [1.807, 2.05) is 0 Å². The lowest BCUT2D eigenvalue weighted by Gasteiger charge is -2.16.